The summed E-state index contributed by atoms with van der Waals surface area (Å²) in [5, 5.41) is 0. The first-order valence-electron chi connectivity index (χ1n) is 11.5. The van der Waals surface area contributed by atoms with Gasteiger partial charge < -0.3 is 4.74 Å². The maximum absolute atomic E-state index is 15.3. The summed E-state index contributed by atoms with van der Waals surface area (Å²) >= 11 is 0. The molecule has 0 spiro atoms. The van der Waals surface area contributed by atoms with Gasteiger partial charge in [0, 0.05) is 0 Å². The van der Waals surface area contributed by atoms with Crippen molar-refractivity contribution in [2.45, 2.75) is 64.7 Å². The van der Waals surface area contributed by atoms with Crippen molar-refractivity contribution in [2.75, 3.05) is 0 Å². The molecular weight excluding hydrogens is 461 g/mol. The summed E-state index contributed by atoms with van der Waals surface area (Å²) < 4.78 is 99.0. The lowest BCUT2D eigenvalue weighted by Gasteiger charge is -2.32. The minimum Gasteiger partial charge on any atom is -0.399 e. The third-order valence-electron chi connectivity index (χ3n) is 6.93. The van der Waals surface area contributed by atoms with E-state index in [-0.39, 0.29) is 5.56 Å². The molecule has 0 N–H and O–H groups in total. The second-order valence-corrected chi connectivity index (χ2v) is 9.16. The highest BCUT2D eigenvalue weighted by atomic mass is 19.4. The van der Waals surface area contributed by atoms with Gasteiger partial charge in [0.25, 0.3) is 0 Å². The van der Waals surface area contributed by atoms with Gasteiger partial charge in [0.2, 0.25) is 5.75 Å². The summed E-state index contributed by atoms with van der Waals surface area (Å²) in [6.45, 7) is 2.18. The van der Waals surface area contributed by atoms with Crippen molar-refractivity contribution in [1.82, 2.24) is 0 Å². The van der Waals surface area contributed by atoms with Crippen LogP contribution < -0.4 is 4.74 Å². The minimum atomic E-state index is -5.31. The van der Waals surface area contributed by atoms with Crippen molar-refractivity contribution in [1.29, 1.82) is 0 Å². The van der Waals surface area contributed by atoms with Crippen LogP contribution in [-0.4, -0.2) is 6.36 Å². The van der Waals surface area contributed by atoms with Crippen LogP contribution in [-0.2, 0) is 6.42 Å². The Morgan fingerprint density at radius 3 is 2.12 bits per heavy atom. The number of hydrogen-bond acceptors (Lipinski definition) is 1. The van der Waals surface area contributed by atoms with Crippen LogP contribution in [0.3, 0.4) is 0 Å². The monoisotopic (exact) mass is 486 g/mol. The third kappa shape index (κ3) is 5.10. The molecule has 0 aromatic heterocycles. The van der Waals surface area contributed by atoms with Crippen LogP contribution in [0.25, 0.3) is 17.2 Å². The average Bonchev–Trinajstić information content (AvgIpc) is 2.76. The summed E-state index contributed by atoms with van der Waals surface area (Å²) in [6, 6.07) is 2.01. The Morgan fingerprint density at radius 1 is 0.882 bits per heavy atom. The number of rotatable bonds is 5. The molecule has 184 valence electrons. The minimum absolute atomic E-state index is 0.233. The molecule has 0 amide bonds. The average molecular weight is 486 g/mol. The Hall–Kier alpha value is -2.51. The SMILES string of the molecule is CCCC1CCC(C2=Cc3cc(F)c(-c4cc(F)c(OC(F)(F)F)c(F)c4)c(F)c3CC2)CC1. The molecule has 0 radical (unpaired) electrons. The van der Waals surface area contributed by atoms with E-state index in [0.717, 1.165) is 44.1 Å². The maximum Gasteiger partial charge on any atom is 0.573 e. The van der Waals surface area contributed by atoms with Gasteiger partial charge in [-0.15, -0.1) is 13.2 Å². The molecule has 0 saturated heterocycles. The fraction of sp³-hybridized carbons (Fsp3) is 0.462. The molecule has 2 aromatic carbocycles. The van der Waals surface area contributed by atoms with Crippen molar-refractivity contribution < 1.29 is 35.5 Å². The van der Waals surface area contributed by atoms with Gasteiger partial charge in [0.15, 0.2) is 11.6 Å². The summed E-state index contributed by atoms with van der Waals surface area (Å²) in [6.07, 6.45) is 4.22. The Morgan fingerprint density at radius 2 is 1.53 bits per heavy atom. The Labute approximate surface area is 193 Å². The highest BCUT2D eigenvalue weighted by Crippen LogP contribution is 2.42. The highest BCUT2D eigenvalue weighted by Gasteiger charge is 2.35. The van der Waals surface area contributed by atoms with E-state index < -0.39 is 46.5 Å². The van der Waals surface area contributed by atoms with Gasteiger partial charge >= 0.3 is 6.36 Å². The molecule has 1 saturated carbocycles. The number of ether oxygens (including phenoxy) is 1. The van der Waals surface area contributed by atoms with Crippen LogP contribution >= 0.6 is 0 Å². The molecule has 0 atom stereocenters. The Kier molecular flexibility index (Phi) is 6.97. The number of allylic oxidation sites excluding steroid dienone is 1. The van der Waals surface area contributed by atoms with Gasteiger partial charge in [-0.3, -0.25) is 0 Å². The van der Waals surface area contributed by atoms with Gasteiger partial charge in [0.1, 0.15) is 11.6 Å². The number of benzene rings is 2. The Bertz CT molecular complexity index is 1070. The van der Waals surface area contributed by atoms with E-state index in [1.54, 1.807) is 0 Å². The quantitative estimate of drug-likeness (QED) is 0.384. The van der Waals surface area contributed by atoms with Crippen molar-refractivity contribution in [3.8, 4) is 16.9 Å². The molecule has 0 aliphatic heterocycles. The predicted molar refractivity (Wildman–Crippen MR) is 115 cm³/mol. The molecular formula is C26H25F7O. The fourth-order valence-corrected chi connectivity index (χ4v) is 5.34. The number of alkyl halides is 3. The van der Waals surface area contributed by atoms with E-state index in [4.69, 9.17) is 0 Å². The van der Waals surface area contributed by atoms with Gasteiger partial charge in [-0.2, -0.15) is 0 Å². The van der Waals surface area contributed by atoms with Crippen LogP contribution in [0.2, 0.25) is 0 Å². The van der Waals surface area contributed by atoms with Crippen LogP contribution in [0.15, 0.2) is 23.8 Å². The highest BCUT2D eigenvalue weighted by molar-refractivity contribution is 5.72. The van der Waals surface area contributed by atoms with E-state index in [1.165, 1.54) is 12.0 Å². The Balaban J connectivity index is 1.63. The summed E-state index contributed by atoms with van der Waals surface area (Å²) in [5.41, 5.74) is 0.586. The number of hydrogen-bond donors (Lipinski definition) is 0. The molecule has 0 bridgehead atoms. The van der Waals surface area contributed by atoms with Gasteiger partial charge in [-0.25, -0.2) is 17.6 Å². The van der Waals surface area contributed by atoms with E-state index in [0.29, 0.717) is 36.5 Å². The fourth-order valence-electron chi connectivity index (χ4n) is 5.34. The van der Waals surface area contributed by atoms with E-state index in [1.807, 2.05) is 6.08 Å². The zero-order valence-corrected chi connectivity index (χ0v) is 18.7. The first kappa shape index (κ1) is 24.6. The van der Waals surface area contributed by atoms with E-state index in [9.17, 15) is 26.3 Å². The summed E-state index contributed by atoms with van der Waals surface area (Å²) in [7, 11) is 0. The molecule has 2 aliphatic rings. The van der Waals surface area contributed by atoms with Crippen LogP contribution in [0, 0.1) is 35.1 Å². The maximum atomic E-state index is 15.3. The van der Waals surface area contributed by atoms with Gasteiger partial charge in [0.05, 0.1) is 5.56 Å². The molecule has 34 heavy (non-hydrogen) atoms. The molecule has 1 fully saturated rings. The molecule has 2 aromatic rings. The van der Waals surface area contributed by atoms with Gasteiger partial charge in [-0.1, -0.05) is 31.4 Å². The van der Waals surface area contributed by atoms with Crippen molar-refractivity contribution >= 4 is 6.08 Å². The zero-order chi connectivity index (χ0) is 24.6. The molecule has 4 rings (SSSR count). The lowest BCUT2D eigenvalue weighted by atomic mass is 9.74. The number of halogens is 7. The second kappa shape index (κ2) is 9.62. The van der Waals surface area contributed by atoms with Crippen molar-refractivity contribution in [3.63, 3.8) is 0 Å². The molecule has 2 aliphatic carbocycles. The van der Waals surface area contributed by atoms with Crippen LogP contribution in [0.4, 0.5) is 30.7 Å². The largest absolute Gasteiger partial charge is 0.573 e. The summed E-state index contributed by atoms with van der Waals surface area (Å²) in [5.74, 6) is -5.95. The van der Waals surface area contributed by atoms with Gasteiger partial charge in [-0.05, 0) is 85.3 Å². The lowest BCUT2D eigenvalue weighted by Crippen LogP contribution is -2.19. The molecule has 8 heteroatoms. The van der Waals surface area contributed by atoms with Crippen LogP contribution in [0.1, 0.15) is 63.0 Å². The predicted octanol–water partition coefficient (Wildman–Crippen LogP) is 8.74. The van der Waals surface area contributed by atoms with Crippen molar-refractivity contribution in [3.05, 3.63) is 58.2 Å². The molecule has 0 heterocycles. The first-order chi connectivity index (χ1) is 16.1. The van der Waals surface area contributed by atoms with E-state index in [2.05, 4.69) is 11.7 Å². The molecule has 1 nitrogen and oxygen atoms in total. The normalized spacial score (nSPS) is 20.6. The topological polar surface area (TPSA) is 9.23 Å². The first-order valence-corrected chi connectivity index (χ1v) is 11.5. The standard InChI is InChI=1S/C26H25F7O/c1-2-3-14-4-6-15(7-5-14)16-8-9-19-17(10-16)11-20(27)23(24(19)30)18-12-21(28)25(22(29)13-18)34-26(31,32)33/h10-15H,2-9H2,1H3. The lowest BCUT2D eigenvalue weighted by molar-refractivity contribution is -0.276. The van der Waals surface area contributed by atoms with Crippen molar-refractivity contribution in [2.24, 2.45) is 11.8 Å². The zero-order valence-electron chi connectivity index (χ0n) is 18.7. The van der Waals surface area contributed by atoms with E-state index >= 15 is 4.39 Å². The molecule has 0 unspecified atom stereocenters. The third-order valence-corrected chi connectivity index (χ3v) is 6.93. The second-order valence-electron chi connectivity index (χ2n) is 9.16. The van der Waals surface area contributed by atoms with Crippen LogP contribution in [0.5, 0.6) is 5.75 Å². The number of fused-ring (bicyclic) bond motifs is 1. The summed E-state index contributed by atoms with van der Waals surface area (Å²) in [4.78, 5) is 0. The smallest absolute Gasteiger partial charge is 0.399 e.